The third-order valence-electron chi connectivity index (χ3n) is 1.89. The van der Waals surface area contributed by atoms with E-state index in [9.17, 15) is 14.4 Å². The standard InChI is InChI=1S/C9H5BrN2O3/c10-5-2-1-3-6(4-5)12-8(14)7(13)11-9(12)15/h1-4H,(H,11,13,15). The number of nitrogens with one attached hydrogen (secondary N) is 1. The van der Waals surface area contributed by atoms with Crippen LogP contribution in [-0.2, 0) is 9.59 Å². The first-order valence-corrected chi connectivity index (χ1v) is 4.84. The van der Waals surface area contributed by atoms with Crippen molar-refractivity contribution in [3.63, 3.8) is 0 Å². The van der Waals surface area contributed by atoms with Crippen LogP contribution >= 0.6 is 15.9 Å². The average Bonchev–Trinajstić information content (AvgIpc) is 2.41. The molecule has 1 heterocycles. The van der Waals surface area contributed by atoms with Crippen molar-refractivity contribution in [1.29, 1.82) is 0 Å². The summed E-state index contributed by atoms with van der Waals surface area (Å²) in [5.41, 5.74) is 0.359. The van der Waals surface area contributed by atoms with Gasteiger partial charge in [-0.1, -0.05) is 22.0 Å². The van der Waals surface area contributed by atoms with E-state index in [0.29, 0.717) is 5.69 Å². The number of hydrogen-bond acceptors (Lipinski definition) is 3. The van der Waals surface area contributed by atoms with Gasteiger partial charge >= 0.3 is 17.8 Å². The van der Waals surface area contributed by atoms with E-state index in [2.05, 4.69) is 15.9 Å². The number of carbonyl (C=O) groups excluding carboxylic acids is 3. The van der Waals surface area contributed by atoms with Crippen molar-refractivity contribution in [2.75, 3.05) is 4.90 Å². The number of hydrogen-bond donors (Lipinski definition) is 1. The first-order valence-electron chi connectivity index (χ1n) is 4.04. The first kappa shape index (κ1) is 9.85. The van der Waals surface area contributed by atoms with E-state index in [1.807, 2.05) is 5.32 Å². The molecule has 0 spiro atoms. The summed E-state index contributed by atoms with van der Waals surface area (Å²) in [5.74, 6) is -1.77. The average molecular weight is 269 g/mol. The van der Waals surface area contributed by atoms with E-state index in [0.717, 1.165) is 9.37 Å². The van der Waals surface area contributed by atoms with Gasteiger partial charge < -0.3 is 0 Å². The van der Waals surface area contributed by atoms with Crippen LogP contribution in [0.3, 0.4) is 0 Å². The summed E-state index contributed by atoms with van der Waals surface area (Å²) in [6.07, 6.45) is 0. The molecule has 1 fully saturated rings. The third-order valence-corrected chi connectivity index (χ3v) is 2.38. The van der Waals surface area contributed by atoms with Crippen molar-refractivity contribution in [3.8, 4) is 0 Å². The zero-order valence-electron chi connectivity index (χ0n) is 7.36. The summed E-state index contributed by atoms with van der Waals surface area (Å²) in [5, 5.41) is 1.92. The number of imide groups is 2. The fraction of sp³-hybridized carbons (Fsp3) is 0. The van der Waals surface area contributed by atoms with Gasteiger partial charge in [-0.2, -0.15) is 0 Å². The maximum absolute atomic E-state index is 11.3. The van der Waals surface area contributed by atoms with Gasteiger partial charge in [0.25, 0.3) is 0 Å². The number of amides is 4. The SMILES string of the molecule is O=C1NC(=O)N(c2cccc(Br)c2)C1=O. The highest BCUT2D eigenvalue weighted by Crippen LogP contribution is 2.21. The van der Waals surface area contributed by atoms with E-state index >= 15 is 0 Å². The van der Waals surface area contributed by atoms with E-state index in [1.165, 1.54) is 0 Å². The molecule has 15 heavy (non-hydrogen) atoms. The van der Waals surface area contributed by atoms with Gasteiger partial charge in [0.1, 0.15) is 0 Å². The Morgan fingerprint density at radius 1 is 1.20 bits per heavy atom. The Morgan fingerprint density at radius 3 is 2.47 bits per heavy atom. The Morgan fingerprint density at radius 2 is 1.93 bits per heavy atom. The Balaban J connectivity index is 2.43. The van der Waals surface area contributed by atoms with E-state index in [4.69, 9.17) is 0 Å². The second-order valence-electron chi connectivity index (χ2n) is 2.88. The molecule has 0 atom stereocenters. The molecule has 1 saturated heterocycles. The Labute approximate surface area is 93.2 Å². The molecule has 76 valence electrons. The lowest BCUT2D eigenvalue weighted by atomic mass is 10.3. The molecule has 1 aromatic rings. The van der Waals surface area contributed by atoms with Crippen LogP contribution in [0, 0.1) is 0 Å². The maximum Gasteiger partial charge on any atom is 0.336 e. The number of halogens is 1. The number of rotatable bonds is 1. The Hall–Kier alpha value is -1.69. The second-order valence-corrected chi connectivity index (χ2v) is 3.80. The molecule has 1 aromatic carbocycles. The summed E-state index contributed by atoms with van der Waals surface area (Å²) in [6.45, 7) is 0. The molecule has 0 unspecified atom stereocenters. The lowest BCUT2D eigenvalue weighted by molar-refractivity contribution is -0.134. The lowest BCUT2D eigenvalue weighted by Crippen LogP contribution is -2.30. The van der Waals surface area contributed by atoms with Crippen LogP contribution in [0.5, 0.6) is 0 Å². The highest BCUT2D eigenvalue weighted by Gasteiger charge is 2.37. The minimum absolute atomic E-state index is 0.359. The quantitative estimate of drug-likeness (QED) is 0.611. The highest BCUT2D eigenvalue weighted by molar-refractivity contribution is 9.10. The zero-order valence-corrected chi connectivity index (χ0v) is 8.95. The largest absolute Gasteiger partial charge is 0.336 e. The van der Waals surface area contributed by atoms with Crippen molar-refractivity contribution >= 4 is 39.5 Å². The molecule has 1 aliphatic rings. The summed E-state index contributed by atoms with van der Waals surface area (Å²) >= 11 is 3.21. The molecule has 0 aromatic heterocycles. The lowest BCUT2D eigenvalue weighted by Gasteiger charge is -2.10. The molecule has 4 amide bonds. The summed E-state index contributed by atoms with van der Waals surface area (Å²) in [6, 6.07) is 5.85. The molecule has 6 heteroatoms. The molecular weight excluding hydrogens is 264 g/mol. The minimum Gasteiger partial charge on any atom is -0.269 e. The fourth-order valence-corrected chi connectivity index (χ4v) is 1.64. The van der Waals surface area contributed by atoms with Crippen LogP contribution in [-0.4, -0.2) is 17.8 Å². The van der Waals surface area contributed by atoms with Crippen molar-refractivity contribution in [2.24, 2.45) is 0 Å². The van der Waals surface area contributed by atoms with Crippen LogP contribution < -0.4 is 10.2 Å². The smallest absolute Gasteiger partial charge is 0.269 e. The Kier molecular flexibility index (Phi) is 2.28. The molecule has 1 N–H and O–H groups in total. The van der Waals surface area contributed by atoms with E-state index in [1.54, 1.807) is 24.3 Å². The first-order chi connectivity index (χ1) is 7.09. The minimum atomic E-state index is -0.903. The van der Waals surface area contributed by atoms with E-state index in [-0.39, 0.29) is 0 Å². The van der Waals surface area contributed by atoms with Gasteiger partial charge in [0.2, 0.25) is 0 Å². The van der Waals surface area contributed by atoms with Crippen molar-refractivity contribution in [2.45, 2.75) is 0 Å². The van der Waals surface area contributed by atoms with Crippen molar-refractivity contribution in [1.82, 2.24) is 5.32 Å². The van der Waals surface area contributed by atoms with Gasteiger partial charge in [-0.3, -0.25) is 14.9 Å². The maximum atomic E-state index is 11.3. The van der Waals surface area contributed by atoms with Crippen LogP contribution in [0.4, 0.5) is 10.5 Å². The molecule has 0 aliphatic carbocycles. The predicted molar refractivity (Wildman–Crippen MR) is 55.2 cm³/mol. The second kappa shape index (κ2) is 3.47. The monoisotopic (exact) mass is 268 g/mol. The number of anilines is 1. The number of carbonyl (C=O) groups is 3. The molecule has 5 nitrogen and oxygen atoms in total. The van der Waals surface area contributed by atoms with Gasteiger partial charge in [-0.25, -0.2) is 9.69 Å². The van der Waals surface area contributed by atoms with E-state index < -0.39 is 17.8 Å². The molecule has 0 saturated carbocycles. The molecule has 0 bridgehead atoms. The third kappa shape index (κ3) is 1.63. The summed E-state index contributed by atoms with van der Waals surface area (Å²) in [4.78, 5) is 34.3. The predicted octanol–water partition coefficient (Wildman–Crippen LogP) is 1.03. The number of benzene rings is 1. The fourth-order valence-electron chi connectivity index (χ4n) is 1.25. The zero-order chi connectivity index (χ0) is 11.0. The van der Waals surface area contributed by atoms with Gasteiger partial charge in [0.05, 0.1) is 5.69 Å². The van der Waals surface area contributed by atoms with Crippen LogP contribution in [0.25, 0.3) is 0 Å². The van der Waals surface area contributed by atoms with Gasteiger partial charge in [0.15, 0.2) is 0 Å². The summed E-state index contributed by atoms with van der Waals surface area (Å²) < 4.78 is 0.722. The van der Waals surface area contributed by atoms with Gasteiger partial charge in [-0.15, -0.1) is 0 Å². The Bertz CT molecular complexity index is 472. The molecule has 1 aliphatic heterocycles. The highest BCUT2D eigenvalue weighted by atomic mass is 79.9. The molecule has 0 radical (unpaired) electrons. The van der Waals surface area contributed by atoms with Crippen LogP contribution in [0.2, 0.25) is 0 Å². The number of urea groups is 1. The van der Waals surface area contributed by atoms with Crippen LogP contribution in [0.15, 0.2) is 28.7 Å². The molecule has 2 rings (SSSR count). The normalized spacial score (nSPS) is 15.8. The number of nitrogens with zero attached hydrogens (tertiary/aromatic N) is 1. The topological polar surface area (TPSA) is 66.5 Å². The van der Waals surface area contributed by atoms with Crippen molar-refractivity contribution in [3.05, 3.63) is 28.7 Å². The molecular formula is C9H5BrN2O3. The van der Waals surface area contributed by atoms with Crippen molar-refractivity contribution < 1.29 is 14.4 Å². The van der Waals surface area contributed by atoms with Gasteiger partial charge in [0, 0.05) is 4.47 Å². The van der Waals surface area contributed by atoms with Crippen LogP contribution in [0.1, 0.15) is 0 Å². The van der Waals surface area contributed by atoms with Gasteiger partial charge in [-0.05, 0) is 18.2 Å². The summed E-state index contributed by atoms with van der Waals surface area (Å²) in [7, 11) is 0.